The number of amides is 1. The number of hydrogen-bond acceptors (Lipinski definition) is 3. The second kappa shape index (κ2) is 11.0. The number of Topliss-reactive ketones (excluding diaryl/α,β-unsaturated/α-hetero) is 1. The molecule has 0 bridgehead atoms. The number of aromatic nitrogens is 1. The second-order valence-electron chi connectivity index (χ2n) is 9.26. The Balaban J connectivity index is 1.57. The summed E-state index contributed by atoms with van der Waals surface area (Å²) in [5, 5.41) is 0.616. The molecule has 4 aromatic rings. The number of halogens is 1. The molecule has 1 aliphatic rings. The molecule has 186 valence electrons. The van der Waals surface area contributed by atoms with E-state index in [2.05, 4.69) is 0 Å². The molecule has 1 aliphatic carbocycles. The van der Waals surface area contributed by atoms with Gasteiger partial charge >= 0.3 is 0 Å². The van der Waals surface area contributed by atoms with Gasteiger partial charge in [0.2, 0.25) is 0 Å². The lowest BCUT2D eigenvalue weighted by atomic mass is 9.92. The maximum absolute atomic E-state index is 14.0. The van der Waals surface area contributed by atoms with Gasteiger partial charge in [0, 0.05) is 41.5 Å². The highest BCUT2D eigenvalue weighted by Gasteiger charge is 2.28. The summed E-state index contributed by atoms with van der Waals surface area (Å²) < 4.78 is 1.55. The third kappa shape index (κ3) is 5.42. The van der Waals surface area contributed by atoms with E-state index in [1.807, 2.05) is 72.8 Å². The zero-order valence-corrected chi connectivity index (χ0v) is 21.2. The number of rotatable bonds is 7. The molecular weight excluding hydrogens is 484 g/mol. The van der Waals surface area contributed by atoms with Crippen LogP contribution in [-0.4, -0.2) is 27.7 Å². The van der Waals surface area contributed by atoms with Gasteiger partial charge in [0.25, 0.3) is 11.5 Å². The van der Waals surface area contributed by atoms with E-state index in [0.717, 1.165) is 11.1 Å². The Bertz CT molecular complexity index is 1480. The number of ketones is 1. The van der Waals surface area contributed by atoms with Crippen molar-refractivity contribution in [3.05, 3.63) is 134 Å². The molecule has 0 radical (unpaired) electrons. The number of hydrogen-bond donors (Lipinski definition) is 0. The van der Waals surface area contributed by atoms with Gasteiger partial charge in [-0.1, -0.05) is 72.3 Å². The molecule has 0 atom stereocenters. The Morgan fingerprint density at radius 1 is 0.838 bits per heavy atom. The maximum atomic E-state index is 14.0. The summed E-state index contributed by atoms with van der Waals surface area (Å²) >= 11 is 6.07. The molecule has 0 saturated carbocycles. The van der Waals surface area contributed by atoms with Gasteiger partial charge in [-0.2, -0.15) is 0 Å². The first kappa shape index (κ1) is 24.7. The fourth-order valence-electron chi connectivity index (χ4n) is 4.84. The molecule has 0 spiro atoms. The van der Waals surface area contributed by atoms with Crippen molar-refractivity contribution in [3.63, 3.8) is 0 Å². The predicted molar refractivity (Wildman–Crippen MR) is 146 cm³/mol. The van der Waals surface area contributed by atoms with E-state index in [1.165, 1.54) is 6.07 Å². The smallest absolute Gasteiger partial charge is 0.268 e. The van der Waals surface area contributed by atoms with Crippen LogP contribution in [0.25, 0.3) is 5.69 Å². The second-order valence-corrected chi connectivity index (χ2v) is 9.70. The average Bonchev–Trinajstić information content (AvgIpc) is 2.93. The monoisotopic (exact) mass is 510 g/mol. The van der Waals surface area contributed by atoms with Crippen molar-refractivity contribution in [3.8, 4) is 5.69 Å². The lowest BCUT2D eigenvalue weighted by Crippen LogP contribution is -2.39. The first-order valence-corrected chi connectivity index (χ1v) is 12.8. The summed E-state index contributed by atoms with van der Waals surface area (Å²) in [5.41, 5.74) is 3.42. The van der Waals surface area contributed by atoms with Crippen LogP contribution >= 0.6 is 11.6 Å². The largest absolute Gasteiger partial charge is 0.334 e. The van der Waals surface area contributed by atoms with Crippen LogP contribution in [0.15, 0.2) is 95.8 Å². The summed E-state index contributed by atoms with van der Waals surface area (Å²) in [7, 11) is 0. The molecule has 0 aliphatic heterocycles. The Labute approximate surface area is 220 Å². The summed E-state index contributed by atoms with van der Waals surface area (Å²) in [6.45, 7) is 0.736. The van der Waals surface area contributed by atoms with Crippen LogP contribution in [0.1, 0.15) is 50.4 Å². The van der Waals surface area contributed by atoms with Gasteiger partial charge in [-0.05, 0) is 60.7 Å². The summed E-state index contributed by atoms with van der Waals surface area (Å²) in [5.74, 6) is -0.421. The Kier molecular flexibility index (Phi) is 7.33. The van der Waals surface area contributed by atoms with Gasteiger partial charge in [-0.15, -0.1) is 0 Å². The van der Waals surface area contributed by atoms with Crippen molar-refractivity contribution in [2.75, 3.05) is 6.54 Å². The van der Waals surface area contributed by atoms with E-state index >= 15 is 0 Å². The molecule has 3 aromatic carbocycles. The van der Waals surface area contributed by atoms with Crippen LogP contribution in [-0.2, 0) is 19.4 Å². The molecule has 37 heavy (non-hydrogen) atoms. The predicted octanol–water partition coefficient (Wildman–Crippen LogP) is 5.90. The van der Waals surface area contributed by atoms with Crippen molar-refractivity contribution in [2.45, 2.75) is 32.2 Å². The van der Waals surface area contributed by atoms with Crippen LogP contribution in [0.3, 0.4) is 0 Å². The molecule has 1 heterocycles. The molecule has 0 N–H and O–H groups in total. The standard InChI is InChI=1S/C31H27ClN2O3/c32-24-16-14-23(15-17-24)21-33(19-18-22-8-3-1-4-9-22)30(36)27-20-26-28(12-7-13-29(26)35)34(31(27)37)25-10-5-2-6-11-25/h1-6,8-11,14-17,20H,7,12-13,18-19,21H2. The van der Waals surface area contributed by atoms with Crippen molar-refractivity contribution in [2.24, 2.45) is 0 Å². The third-order valence-electron chi connectivity index (χ3n) is 6.75. The van der Waals surface area contributed by atoms with Crippen molar-refractivity contribution >= 4 is 23.3 Å². The van der Waals surface area contributed by atoms with E-state index < -0.39 is 5.56 Å². The van der Waals surface area contributed by atoms with Crippen molar-refractivity contribution in [1.29, 1.82) is 0 Å². The average molecular weight is 511 g/mol. The number of carbonyl (C=O) groups excluding carboxylic acids is 2. The lowest BCUT2D eigenvalue weighted by molar-refractivity contribution is 0.0743. The van der Waals surface area contributed by atoms with Gasteiger partial charge in [0.15, 0.2) is 5.78 Å². The molecule has 1 aromatic heterocycles. The Morgan fingerprint density at radius 2 is 1.51 bits per heavy atom. The third-order valence-corrected chi connectivity index (χ3v) is 7.00. The number of benzene rings is 3. The highest BCUT2D eigenvalue weighted by atomic mass is 35.5. The van der Waals surface area contributed by atoms with Crippen LogP contribution < -0.4 is 5.56 Å². The van der Waals surface area contributed by atoms with Gasteiger partial charge < -0.3 is 4.90 Å². The lowest BCUT2D eigenvalue weighted by Gasteiger charge is -2.26. The summed E-state index contributed by atoms with van der Waals surface area (Å²) in [6, 6.07) is 28.0. The van der Waals surface area contributed by atoms with E-state index in [0.29, 0.717) is 60.7 Å². The molecule has 0 fully saturated rings. The molecule has 0 unspecified atom stereocenters. The minimum Gasteiger partial charge on any atom is -0.334 e. The van der Waals surface area contributed by atoms with Crippen LogP contribution in [0.5, 0.6) is 0 Å². The first-order valence-electron chi connectivity index (χ1n) is 12.5. The van der Waals surface area contributed by atoms with Crippen molar-refractivity contribution < 1.29 is 9.59 Å². The summed E-state index contributed by atoms with van der Waals surface area (Å²) in [6.07, 6.45) is 2.35. The highest BCUT2D eigenvalue weighted by molar-refractivity contribution is 6.30. The van der Waals surface area contributed by atoms with Gasteiger partial charge in [0.05, 0.1) is 0 Å². The highest BCUT2D eigenvalue weighted by Crippen LogP contribution is 2.24. The molecule has 1 amide bonds. The fourth-order valence-corrected chi connectivity index (χ4v) is 4.96. The van der Waals surface area contributed by atoms with E-state index in [9.17, 15) is 14.4 Å². The van der Waals surface area contributed by atoms with Gasteiger partial charge in [-0.3, -0.25) is 19.0 Å². The number of fused-ring (bicyclic) bond motifs is 1. The molecule has 5 rings (SSSR count). The normalized spacial score (nSPS) is 12.7. The van der Waals surface area contributed by atoms with E-state index in [1.54, 1.807) is 21.6 Å². The molecular formula is C31H27ClN2O3. The zero-order valence-electron chi connectivity index (χ0n) is 20.4. The number of nitrogens with zero attached hydrogens (tertiary/aromatic N) is 2. The van der Waals surface area contributed by atoms with Gasteiger partial charge in [-0.25, -0.2) is 0 Å². The zero-order chi connectivity index (χ0) is 25.8. The minimum absolute atomic E-state index is 0.0138. The molecule has 0 saturated heterocycles. The maximum Gasteiger partial charge on any atom is 0.268 e. The number of carbonyl (C=O) groups is 2. The molecule has 6 heteroatoms. The minimum atomic E-state index is -0.398. The topological polar surface area (TPSA) is 59.4 Å². The Morgan fingerprint density at radius 3 is 2.22 bits per heavy atom. The quantitative estimate of drug-likeness (QED) is 0.311. The van der Waals surface area contributed by atoms with E-state index in [4.69, 9.17) is 11.6 Å². The Hall–Kier alpha value is -3.96. The number of para-hydroxylation sites is 1. The fraction of sp³-hybridized carbons (Fsp3) is 0.194. The SMILES string of the molecule is O=C1CCCc2c1cc(C(=O)N(CCc1ccccc1)Cc1ccc(Cl)cc1)c(=O)n2-c1ccccc1. The first-order chi connectivity index (χ1) is 18.0. The number of pyridine rings is 1. The van der Waals surface area contributed by atoms with Crippen LogP contribution in [0.4, 0.5) is 0 Å². The van der Waals surface area contributed by atoms with Crippen LogP contribution in [0.2, 0.25) is 5.02 Å². The van der Waals surface area contributed by atoms with E-state index in [-0.39, 0.29) is 17.3 Å². The molecule has 5 nitrogen and oxygen atoms in total. The van der Waals surface area contributed by atoms with Crippen molar-refractivity contribution in [1.82, 2.24) is 9.47 Å². The van der Waals surface area contributed by atoms with Crippen LogP contribution in [0, 0.1) is 0 Å². The van der Waals surface area contributed by atoms with Gasteiger partial charge in [0.1, 0.15) is 5.56 Å². The summed E-state index contributed by atoms with van der Waals surface area (Å²) in [4.78, 5) is 42.4.